The minimum atomic E-state index is 0.279. The molecule has 0 bridgehead atoms. The van der Waals surface area contributed by atoms with Crippen molar-refractivity contribution in [3.8, 4) is 0 Å². The van der Waals surface area contributed by atoms with Crippen LogP contribution in [-0.4, -0.2) is 96.9 Å². The first-order chi connectivity index (χ1) is 14.7. The second-order valence-corrected chi connectivity index (χ2v) is 9.52. The number of pyridine rings is 1. The average molecular weight is 435 g/mol. The van der Waals surface area contributed by atoms with Gasteiger partial charge in [-0.1, -0.05) is 6.92 Å². The number of aromatic nitrogens is 1. The Bertz CT molecular complexity index is 625. The summed E-state index contributed by atoms with van der Waals surface area (Å²) in [5, 5.41) is 0. The molecule has 2 aliphatic heterocycles. The second-order valence-electron chi connectivity index (χ2n) is 8.47. The zero-order valence-corrected chi connectivity index (χ0v) is 19.5. The minimum absolute atomic E-state index is 0.279. The molecule has 6 nitrogen and oxygen atoms in total. The fourth-order valence-corrected chi connectivity index (χ4v) is 5.43. The third kappa shape index (κ3) is 7.22. The van der Waals surface area contributed by atoms with Gasteiger partial charge in [0.05, 0.1) is 12.4 Å². The van der Waals surface area contributed by atoms with Crippen LogP contribution in [0.2, 0.25) is 0 Å². The van der Waals surface area contributed by atoms with Gasteiger partial charge in [0.15, 0.2) is 0 Å². The van der Waals surface area contributed by atoms with E-state index in [4.69, 9.17) is 4.74 Å². The number of thioether (sulfide) groups is 1. The predicted molar refractivity (Wildman–Crippen MR) is 123 cm³/mol. The highest BCUT2D eigenvalue weighted by Crippen LogP contribution is 2.23. The first kappa shape index (κ1) is 23.5. The zero-order valence-electron chi connectivity index (χ0n) is 18.7. The highest BCUT2D eigenvalue weighted by molar-refractivity contribution is 8.00. The lowest BCUT2D eigenvalue weighted by Gasteiger charge is -2.36. The van der Waals surface area contributed by atoms with Crippen LogP contribution in [0, 0.1) is 5.92 Å². The number of likely N-dealkylation sites (tertiary alicyclic amines) is 2. The quantitative estimate of drug-likeness (QED) is 0.499. The molecule has 0 aromatic carbocycles. The standard InChI is InChI=1S/C23H38N4O2S/c1-3-26-12-4-5-21(26)18-27(23(28)19-30-22-6-10-24-11-7-22)17-20-8-13-25(14-9-20)15-16-29-2/h6-7,10-11,20-21H,3-5,8-9,12-19H2,1-2H3. The summed E-state index contributed by atoms with van der Waals surface area (Å²) in [6.07, 6.45) is 8.40. The van der Waals surface area contributed by atoms with E-state index in [1.807, 2.05) is 12.1 Å². The van der Waals surface area contributed by atoms with Crippen LogP contribution in [0.15, 0.2) is 29.4 Å². The summed E-state index contributed by atoms with van der Waals surface area (Å²) in [6, 6.07) is 4.48. The molecule has 0 radical (unpaired) electrons. The van der Waals surface area contributed by atoms with Gasteiger partial charge in [0, 0.05) is 50.1 Å². The Morgan fingerprint density at radius 2 is 1.97 bits per heavy atom. The molecule has 2 saturated heterocycles. The summed E-state index contributed by atoms with van der Waals surface area (Å²) < 4.78 is 5.22. The highest BCUT2D eigenvalue weighted by Gasteiger charge is 2.29. The molecule has 2 fully saturated rings. The van der Waals surface area contributed by atoms with Crippen LogP contribution in [0.25, 0.3) is 0 Å². The van der Waals surface area contributed by atoms with E-state index in [9.17, 15) is 4.79 Å². The van der Waals surface area contributed by atoms with Crippen LogP contribution >= 0.6 is 11.8 Å². The van der Waals surface area contributed by atoms with Gasteiger partial charge < -0.3 is 14.5 Å². The van der Waals surface area contributed by atoms with Gasteiger partial charge in [0.1, 0.15) is 0 Å². The minimum Gasteiger partial charge on any atom is -0.383 e. The third-order valence-corrected chi connectivity index (χ3v) is 7.50. The summed E-state index contributed by atoms with van der Waals surface area (Å²) in [6.45, 7) is 10.3. The van der Waals surface area contributed by atoms with Gasteiger partial charge in [-0.05, 0) is 69.9 Å². The molecule has 0 spiro atoms. The van der Waals surface area contributed by atoms with Crippen LogP contribution in [0.4, 0.5) is 0 Å². The summed E-state index contributed by atoms with van der Waals surface area (Å²) in [5.41, 5.74) is 0. The smallest absolute Gasteiger partial charge is 0.232 e. The van der Waals surface area contributed by atoms with Gasteiger partial charge >= 0.3 is 0 Å². The lowest BCUT2D eigenvalue weighted by atomic mass is 9.96. The van der Waals surface area contributed by atoms with E-state index in [1.54, 1.807) is 31.3 Å². The Balaban J connectivity index is 1.55. The summed E-state index contributed by atoms with van der Waals surface area (Å²) in [5.74, 6) is 1.40. The lowest BCUT2D eigenvalue weighted by molar-refractivity contribution is -0.130. The molecule has 30 heavy (non-hydrogen) atoms. The largest absolute Gasteiger partial charge is 0.383 e. The first-order valence-corrected chi connectivity index (χ1v) is 12.4. The van der Waals surface area contributed by atoms with Crippen molar-refractivity contribution in [3.63, 3.8) is 0 Å². The van der Waals surface area contributed by atoms with E-state index >= 15 is 0 Å². The molecule has 1 aromatic heterocycles. The Labute approximate surface area is 186 Å². The predicted octanol–water partition coefficient (Wildman–Crippen LogP) is 2.85. The number of hydrogen-bond acceptors (Lipinski definition) is 6. The van der Waals surface area contributed by atoms with Crippen molar-refractivity contribution in [1.82, 2.24) is 19.7 Å². The number of carbonyl (C=O) groups is 1. The fourth-order valence-electron chi connectivity index (χ4n) is 4.65. The van der Waals surface area contributed by atoms with E-state index < -0.39 is 0 Å². The number of methoxy groups -OCH3 is 1. The highest BCUT2D eigenvalue weighted by atomic mass is 32.2. The number of ether oxygens (including phenoxy) is 1. The number of amides is 1. The number of rotatable bonds is 11. The number of piperidine rings is 1. The van der Waals surface area contributed by atoms with E-state index in [0.717, 1.165) is 50.8 Å². The van der Waals surface area contributed by atoms with Gasteiger partial charge in [-0.15, -0.1) is 11.8 Å². The van der Waals surface area contributed by atoms with Crippen molar-refractivity contribution < 1.29 is 9.53 Å². The van der Waals surface area contributed by atoms with E-state index in [-0.39, 0.29) is 5.91 Å². The van der Waals surface area contributed by atoms with Crippen molar-refractivity contribution in [2.75, 3.05) is 65.3 Å². The molecular weight excluding hydrogens is 396 g/mol. The van der Waals surface area contributed by atoms with Gasteiger partial charge in [0.25, 0.3) is 0 Å². The van der Waals surface area contributed by atoms with E-state index in [0.29, 0.717) is 17.7 Å². The number of nitrogens with zero attached hydrogens (tertiary/aromatic N) is 4. The molecule has 1 atom stereocenters. The Morgan fingerprint density at radius 3 is 2.67 bits per heavy atom. The first-order valence-electron chi connectivity index (χ1n) is 11.5. The van der Waals surface area contributed by atoms with Crippen molar-refractivity contribution in [2.24, 2.45) is 5.92 Å². The Hall–Kier alpha value is -1.15. The molecule has 3 heterocycles. The molecule has 0 saturated carbocycles. The van der Waals surface area contributed by atoms with Gasteiger partial charge in [0.2, 0.25) is 5.91 Å². The molecule has 7 heteroatoms. The van der Waals surface area contributed by atoms with Crippen molar-refractivity contribution in [3.05, 3.63) is 24.5 Å². The van der Waals surface area contributed by atoms with Crippen LogP contribution in [0.3, 0.4) is 0 Å². The average Bonchev–Trinajstić information content (AvgIpc) is 3.24. The van der Waals surface area contributed by atoms with Gasteiger partial charge in [-0.2, -0.15) is 0 Å². The second kappa shape index (κ2) is 12.6. The molecule has 1 unspecified atom stereocenters. The maximum absolute atomic E-state index is 13.2. The van der Waals surface area contributed by atoms with Crippen LogP contribution in [-0.2, 0) is 9.53 Å². The molecule has 1 amide bonds. The summed E-state index contributed by atoms with van der Waals surface area (Å²) in [4.78, 5) is 25.6. The van der Waals surface area contributed by atoms with Crippen molar-refractivity contribution >= 4 is 17.7 Å². The zero-order chi connectivity index (χ0) is 21.2. The maximum atomic E-state index is 13.2. The summed E-state index contributed by atoms with van der Waals surface area (Å²) >= 11 is 1.63. The third-order valence-electron chi connectivity index (χ3n) is 6.50. The lowest BCUT2D eigenvalue weighted by Crippen LogP contribution is -2.47. The topological polar surface area (TPSA) is 48.9 Å². The van der Waals surface area contributed by atoms with E-state index in [2.05, 4.69) is 26.6 Å². The van der Waals surface area contributed by atoms with Crippen molar-refractivity contribution in [2.45, 2.75) is 43.5 Å². The Kier molecular flexibility index (Phi) is 9.91. The number of carbonyl (C=O) groups excluding carboxylic acids is 1. The molecule has 0 N–H and O–H groups in total. The molecule has 3 rings (SSSR count). The normalized spacial score (nSPS) is 21.2. The summed E-state index contributed by atoms with van der Waals surface area (Å²) in [7, 11) is 1.77. The number of hydrogen-bond donors (Lipinski definition) is 0. The van der Waals surface area contributed by atoms with E-state index in [1.165, 1.54) is 32.2 Å². The molecule has 168 valence electrons. The monoisotopic (exact) mass is 434 g/mol. The SMILES string of the molecule is CCN1CCCC1CN(CC1CCN(CCOC)CC1)C(=O)CSc1ccncc1. The molecule has 2 aliphatic rings. The Morgan fingerprint density at radius 1 is 1.20 bits per heavy atom. The van der Waals surface area contributed by atoms with Crippen LogP contribution < -0.4 is 0 Å². The van der Waals surface area contributed by atoms with Crippen LogP contribution in [0.5, 0.6) is 0 Å². The van der Waals surface area contributed by atoms with Gasteiger partial charge in [-0.3, -0.25) is 14.7 Å². The maximum Gasteiger partial charge on any atom is 0.232 e. The van der Waals surface area contributed by atoms with Crippen LogP contribution in [0.1, 0.15) is 32.6 Å². The molecular formula is C23H38N4O2S. The molecule has 0 aliphatic carbocycles. The van der Waals surface area contributed by atoms with Crippen molar-refractivity contribution in [1.29, 1.82) is 0 Å². The number of likely N-dealkylation sites (N-methyl/N-ethyl adjacent to an activating group) is 1. The molecule has 1 aromatic rings. The van der Waals surface area contributed by atoms with Gasteiger partial charge in [-0.25, -0.2) is 0 Å². The fraction of sp³-hybridized carbons (Fsp3) is 0.739.